The van der Waals surface area contributed by atoms with Crippen LogP contribution >= 0.6 is 0 Å². The molecule has 144 valence electrons. The third-order valence-electron chi connectivity index (χ3n) is 4.28. The van der Waals surface area contributed by atoms with Gasteiger partial charge in [-0.05, 0) is 12.0 Å². The van der Waals surface area contributed by atoms with E-state index in [0.29, 0.717) is 12.8 Å². The molecule has 0 bridgehead atoms. The van der Waals surface area contributed by atoms with Crippen LogP contribution in [-0.2, 0) is 0 Å². The second kappa shape index (κ2) is 8.80. The first kappa shape index (κ1) is 21.3. The largest absolute Gasteiger partial charge is 0.350 e. The van der Waals surface area contributed by atoms with Gasteiger partial charge in [0.25, 0.3) is 0 Å². The van der Waals surface area contributed by atoms with Crippen molar-refractivity contribution in [1.29, 1.82) is 0 Å². The van der Waals surface area contributed by atoms with E-state index in [-0.39, 0.29) is 5.78 Å². The first-order valence-corrected chi connectivity index (χ1v) is 16.5. The highest BCUT2D eigenvalue weighted by Gasteiger charge is 2.34. The highest BCUT2D eigenvalue weighted by molar-refractivity contribution is 6.89. The van der Waals surface area contributed by atoms with Gasteiger partial charge in [-0.3, -0.25) is 4.79 Å². The quantitative estimate of drug-likeness (QED) is 0.236. The van der Waals surface area contributed by atoms with Crippen LogP contribution in [0.15, 0.2) is 65.8 Å². The average molecular weight is 397 g/mol. The molecule has 0 saturated carbocycles. The Morgan fingerprint density at radius 1 is 0.741 bits per heavy atom. The minimum absolute atomic E-state index is 0.173. The van der Waals surface area contributed by atoms with Crippen molar-refractivity contribution in [2.75, 3.05) is 0 Å². The third-order valence-corrected chi connectivity index (χ3v) is 11.0. The second-order valence-corrected chi connectivity index (χ2v) is 18.8. The van der Waals surface area contributed by atoms with Crippen molar-refractivity contribution in [2.24, 2.45) is 5.10 Å². The first-order chi connectivity index (χ1) is 12.6. The molecule has 5 heteroatoms. The Morgan fingerprint density at radius 2 is 1.19 bits per heavy atom. The van der Waals surface area contributed by atoms with Crippen LogP contribution in [0.5, 0.6) is 0 Å². The second-order valence-electron chi connectivity index (χ2n) is 8.86. The molecule has 0 atom stereocenters. The predicted octanol–water partition coefficient (Wildman–Crippen LogP) is 6.03. The Kier molecular flexibility index (Phi) is 6.95. The number of benzene rings is 2. The van der Waals surface area contributed by atoms with Gasteiger partial charge in [-0.1, -0.05) is 99.9 Å². The summed E-state index contributed by atoms with van der Waals surface area (Å²) in [5.41, 5.74) is 2.90. The lowest BCUT2D eigenvalue weighted by Gasteiger charge is -2.42. The molecule has 0 radical (unpaired) electrons. The number of hydrogen-bond acceptors (Lipinski definition) is 3. The van der Waals surface area contributed by atoms with Crippen molar-refractivity contribution >= 4 is 28.0 Å². The summed E-state index contributed by atoms with van der Waals surface area (Å²) < 4.78 is 2.43. The minimum Gasteiger partial charge on any atom is -0.350 e. The minimum atomic E-state index is -1.62. The van der Waals surface area contributed by atoms with Crippen LogP contribution < -0.4 is 0 Å². The molecule has 0 aliphatic rings. The highest BCUT2D eigenvalue weighted by atomic mass is 28.4. The zero-order valence-electron chi connectivity index (χ0n) is 17.5. The topological polar surface area (TPSA) is 32.7 Å². The number of hydrazone groups is 1. The number of carbonyl (C=O) groups excluding carboxylic acids is 1. The lowest BCUT2D eigenvalue weighted by Crippen LogP contribution is -2.56. The van der Waals surface area contributed by atoms with Crippen molar-refractivity contribution in [3.63, 3.8) is 0 Å². The van der Waals surface area contributed by atoms with Crippen LogP contribution in [0.3, 0.4) is 0 Å². The number of nitrogens with zero attached hydrogens (tertiary/aromatic N) is 2. The monoisotopic (exact) mass is 396 g/mol. The fraction of sp³-hybridized carbons (Fsp3) is 0.364. The zero-order valence-corrected chi connectivity index (χ0v) is 19.5. The molecule has 0 heterocycles. The molecule has 0 aliphatic heterocycles. The van der Waals surface area contributed by atoms with E-state index in [2.05, 4.69) is 55.8 Å². The van der Waals surface area contributed by atoms with E-state index in [1.807, 2.05) is 48.5 Å². The summed E-state index contributed by atoms with van der Waals surface area (Å²) in [4.78, 5) is 12.6. The number of ketones is 1. The maximum atomic E-state index is 12.6. The molecule has 2 aromatic carbocycles. The summed E-state index contributed by atoms with van der Waals surface area (Å²) in [6, 6.07) is 19.8. The van der Waals surface area contributed by atoms with Crippen LogP contribution in [0.2, 0.25) is 39.3 Å². The Labute approximate surface area is 166 Å². The molecule has 0 fully saturated rings. The molecule has 0 N–H and O–H groups in total. The molecular weight excluding hydrogens is 364 g/mol. The number of hydrogen-bond donors (Lipinski definition) is 0. The first-order valence-electron chi connectivity index (χ1n) is 9.60. The van der Waals surface area contributed by atoms with Gasteiger partial charge < -0.3 is 4.34 Å². The number of carbonyl (C=O) groups is 1. The van der Waals surface area contributed by atoms with E-state index in [1.165, 1.54) is 0 Å². The summed E-state index contributed by atoms with van der Waals surface area (Å²) in [7, 11) is -3.23. The third kappa shape index (κ3) is 6.29. The van der Waals surface area contributed by atoms with E-state index in [4.69, 9.17) is 5.10 Å². The van der Waals surface area contributed by atoms with Crippen LogP contribution in [0.25, 0.3) is 0 Å². The van der Waals surface area contributed by atoms with Crippen molar-refractivity contribution in [1.82, 2.24) is 4.34 Å². The van der Waals surface area contributed by atoms with E-state index in [0.717, 1.165) is 16.8 Å². The normalized spacial score (nSPS) is 12.7. The van der Waals surface area contributed by atoms with Crippen molar-refractivity contribution in [3.8, 4) is 0 Å². The van der Waals surface area contributed by atoms with E-state index in [9.17, 15) is 4.79 Å². The van der Waals surface area contributed by atoms with E-state index >= 15 is 0 Å². The maximum absolute atomic E-state index is 12.6. The molecule has 0 saturated heterocycles. The smallest absolute Gasteiger partial charge is 0.163 e. The van der Waals surface area contributed by atoms with Gasteiger partial charge >= 0.3 is 0 Å². The van der Waals surface area contributed by atoms with Gasteiger partial charge in [0, 0.05) is 12.0 Å². The standard InChI is InChI=1S/C22H32N2OSi2/c1-26(2,3)24(27(4,5)6)23-21(19-13-9-7-10-14-19)17-18-22(25)20-15-11-8-12-16-20/h7-16H,17-18H2,1-6H3. The summed E-state index contributed by atoms with van der Waals surface area (Å²) in [5.74, 6) is 0.173. The van der Waals surface area contributed by atoms with Crippen molar-refractivity contribution in [3.05, 3.63) is 71.8 Å². The van der Waals surface area contributed by atoms with Gasteiger partial charge in [0.1, 0.15) is 0 Å². The van der Waals surface area contributed by atoms with Gasteiger partial charge in [-0.15, -0.1) is 0 Å². The molecule has 0 unspecified atom stereocenters. The summed E-state index contributed by atoms with van der Waals surface area (Å²) in [5, 5.41) is 5.18. The molecule has 2 rings (SSSR count). The molecule has 2 aromatic rings. The number of rotatable bonds is 8. The Bertz CT molecular complexity index is 761. The fourth-order valence-corrected chi connectivity index (χ4v) is 12.2. The lowest BCUT2D eigenvalue weighted by molar-refractivity contribution is 0.0985. The maximum Gasteiger partial charge on any atom is 0.163 e. The molecular formula is C22H32N2OSi2. The summed E-state index contributed by atoms with van der Waals surface area (Å²) in [6.07, 6.45) is 1.13. The Hall–Kier alpha value is -1.99. The van der Waals surface area contributed by atoms with Crippen LogP contribution in [0.4, 0.5) is 0 Å². The van der Waals surface area contributed by atoms with Gasteiger partial charge in [0.2, 0.25) is 0 Å². The highest BCUT2D eigenvalue weighted by Crippen LogP contribution is 2.22. The molecule has 3 nitrogen and oxygen atoms in total. The molecule has 0 amide bonds. The van der Waals surface area contributed by atoms with E-state index < -0.39 is 16.5 Å². The molecule has 27 heavy (non-hydrogen) atoms. The van der Waals surface area contributed by atoms with Gasteiger partial charge in [-0.2, -0.15) is 5.10 Å². The van der Waals surface area contributed by atoms with Crippen LogP contribution in [0.1, 0.15) is 28.8 Å². The van der Waals surface area contributed by atoms with Gasteiger partial charge in [0.15, 0.2) is 22.3 Å². The average Bonchev–Trinajstić information content (AvgIpc) is 2.61. The van der Waals surface area contributed by atoms with Crippen molar-refractivity contribution in [2.45, 2.75) is 52.1 Å². The molecule has 0 aliphatic carbocycles. The lowest BCUT2D eigenvalue weighted by atomic mass is 10.0. The summed E-state index contributed by atoms with van der Waals surface area (Å²) >= 11 is 0. The predicted molar refractivity (Wildman–Crippen MR) is 122 cm³/mol. The fourth-order valence-electron chi connectivity index (χ4n) is 3.31. The van der Waals surface area contributed by atoms with Crippen LogP contribution in [0, 0.1) is 0 Å². The number of Topliss-reactive ketones (excluding diaryl/α,β-unsaturated/α-hetero) is 1. The molecule has 0 spiro atoms. The van der Waals surface area contributed by atoms with Crippen molar-refractivity contribution < 1.29 is 4.79 Å². The SMILES string of the molecule is C[Si](C)(C)N(N=C(CCC(=O)c1ccccc1)c1ccccc1)[Si](C)(C)C. The van der Waals surface area contributed by atoms with Gasteiger partial charge in [0.05, 0.1) is 5.71 Å². The van der Waals surface area contributed by atoms with Gasteiger partial charge in [-0.25, -0.2) is 0 Å². The Morgan fingerprint density at radius 3 is 1.63 bits per heavy atom. The van der Waals surface area contributed by atoms with E-state index in [1.54, 1.807) is 0 Å². The molecule has 0 aromatic heterocycles. The zero-order chi connectivity index (χ0) is 20.1. The van der Waals surface area contributed by atoms with Crippen LogP contribution in [-0.4, -0.2) is 32.3 Å². The summed E-state index contributed by atoms with van der Waals surface area (Å²) in [6.45, 7) is 14.0. The Balaban J connectivity index is 2.33.